The molecule has 0 aromatic heterocycles. The number of carboxylic acid groups (broad SMARTS) is 1. The maximum absolute atomic E-state index is 10.8. The van der Waals surface area contributed by atoms with Crippen molar-refractivity contribution >= 4 is 17.7 Å². The molecule has 0 radical (unpaired) electrons. The Morgan fingerprint density at radius 3 is 2.95 bits per heavy atom. The first-order valence-corrected chi connectivity index (χ1v) is 9.37. The summed E-state index contributed by atoms with van der Waals surface area (Å²) in [4.78, 5) is 10.8. The van der Waals surface area contributed by atoms with Gasteiger partial charge in [0.25, 0.3) is 0 Å². The molecule has 2 N–H and O–H groups in total. The van der Waals surface area contributed by atoms with Crippen LogP contribution in [-0.2, 0) is 9.53 Å². The van der Waals surface area contributed by atoms with Gasteiger partial charge in [0, 0.05) is 24.4 Å². The molecular formula is C16H29NO3S. The molecular weight excluding hydrogens is 286 g/mol. The predicted octanol–water partition coefficient (Wildman–Crippen LogP) is 2.91. The molecule has 4 atom stereocenters. The molecule has 2 aliphatic heterocycles. The summed E-state index contributed by atoms with van der Waals surface area (Å²) in [5.41, 5.74) is 0.137. The van der Waals surface area contributed by atoms with Crippen molar-refractivity contribution in [1.82, 2.24) is 5.32 Å². The van der Waals surface area contributed by atoms with Crippen LogP contribution in [0.1, 0.15) is 52.4 Å². The Hall–Kier alpha value is -0.260. The van der Waals surface area contributed by atoms with Crippen LogP contribution in [0.2, 0.25) is 0 Å². The summed E-state index contributed by atoms with van der Waals surface area (Å²) in [6.07, 6.45) is 6.23. The first-order valence-electron chi connectivity index (χ1n) is 8.21. The third kappa shape index (κ3) is 5.15. The lowest BCUT2D eigenvalue weighted by Gasteiger charge is -2.39. The van der Waals surface area contributed by atoms with E-state index in [9.17, 15) is 4.79 Å². The number of carboxylic acids is 1. The topological polar surface area (TPSA) is 58.6 Å². The standard InChI is InChI=1S/C16H29NO3S/c1-12(15(18)19)4-3-5-13(2)17-14-6-8-20-16(10-14)7-9-21-11-16/h12-14,17H,3-11H2,1-2H3,(H,18,19). The van der Waals surface area contributed by atoms with E-state index in [0.29, 0.717) is 12.1 Å². The van der Waals surface area contributed by atoms with Crippen molar-refractivity contribution in [2.24, 2.45) is 5.92 Å². The minimum atomic E-state index is -0.680. The number of hydrogen-bond donors (Lipinski definition) is 2. The number of aliphatic carboxylic acids is 1. The molecule has 21 heavy (non-hydrogen) atoms. The van der Waals surface area contributed by atoms with Crippen LogP contribution >= 0.6 is 11.8 Å². The Bertz CT molecular complexity index is 344. The second-order valence-corrected chi connectivity index (χ2v) is 7.87. The van der Waals surface area contributed by atoms with E-state index >= 15 is 0 Å². The van der Waals surface area contributed by atoms with E-state index in [4.69, 9.17) is 9.84 Å². The van der Waals surface area contributed by atoms with Gasteiger partial charge in [-0.3, -0.25) is 4.79 Å². The second kappa shape index (κ2) is 7.84. The van der Waals surface area contributed by atoms with Crippen LogP contribution in [0, 0.1) is 5.92 Å². The van der Waals surface area contributed by atoms with Crippen LogP contribution in [0.3, 0.4) is 0 Å². The summed E-state index contributed by atoms with van der Waals surface area (Å²) in [6.45, 7) is 4.89. The van der Waals surface area contributed by atoms with Crippen LogP contribution in [0.25, 0.3) is 0 Å². The van der Waals surface area contributed by atoms with E-state index in [0.717, 1.165) is 44.5 Å². The van der Waals surface area contributed by atoms with E-state index in [1.54, 1.807) is 6.92 Å². The highest BCUT2D eigenvalue weighted by molar-refractivity contribution is 7.99. The van der Waals surface area contributed by atoms with Crippen molar-refractivity contribution in [1.29, 1.82) is 0 Å². The Morgan fingerprint density at radius 2 is 2.29 bits per heavy atom. The average molecular weight is 315 g/mol. The van der Waals surface area contributed by atoms with Crippen molar-refractivity contribution in [2.45, 2.75) is 70.1 Å². The highest BCUT2D eigenvalue weighted by Crippen LogP contribution is 2.38. The third-order valence-corrected chi connectivity index (χ3v) is 6.00. The van der Waals surface area contributed by atoms with Gasteiger partial charge in [0.05, 0.1) is 11.5 Å². The number of thioether (sulfide) groups is 1. The Balaban J connectivity index is 1.67. The lowest BCUT2D eigenvalue weighted by Crippen LogP contribution is -2.49. The summed E-state index contributed by atoms with van der Waals surface area (Å²) in [5, 5.41) is 12.6. The molecule has 0 aromatic rings. The van der Waals surface area contributed by atoms with Gasteiger partial charge in [0.2, 0.25) is 0 Å². The molecule has 122 valence electrons. The highest BCUT2D eigenvalue weighted by Gasteiger charge is 2.40. The summed E-state index contributed by atoms with van der Waals surface area (Å²) in [5.74, 6) is 1.48. The molecule has 2 fully saturated rings. The fourth-order valence-electron chi connectivity index (χ4n) is 3.37. The normalized spacial score (nSPS) is 32.2. The summed E-state index contributed by atoms with van der Waals surface area (Å²) in [7, 11) is 0. The van der Waals surface area contributed by atoms with Gasteiger partial charge in [-0.25, -0.2) is 0 Å². The first kappa shape index (κ1) is 17.1. The number of ether oxygens (including phenoxy) is 1. The molecule has 0 amide bonds. The summed E-state index contributed by atoms with van der Waals surface area (Å²) >= 11 is 2.01. The highest BCUT2D eigenvalue weighted by atomic mass is 32.2. The molecule has 2 rings (SSSR count). The van der Waals surface area contributed by atoms with Crippen molar-refractivity contribution in [3.63, 3.8) is 0 Å². The van der Waals surface area contributed by atoms with E-state index in [-0.39, 0.29) is 11.5 Å². The molecule has 4 nitrogen and oxygen atoms in total. The fraction of sp³-hybridized carbons (Fsp3) is 0.938. The lowest BCUT2D eigenvalue weighted by molar-refractivity contribution is -0.141. The van der Waals surface area contributed by atoms with Crippen molar-refractivity contribution in [3.8, 4) is 0 Å². The van der Waals surface area contributed by atoms with Crippen LogP contribution in [0.15, 0.2) is 0 Å². The monoisotopic (exact) mass is 315 g/mol. The minimum absolute atomic E-state index is 0.137. The fourth-order valence-corrected chi connectivity index (χ4v) is 4.75. The molecule has 0 aliphatic carbocycles. The van der Waals surface area contributed by atoms with Gasteiger partial charge in [-0.05, 0) is 44.8 Å². The maximum Gasteiger partial charge on any atom is 0.306 e. The second-order valence-electron chi connectivity index (χ2n) is 6.76. The van der Waals surface area contributed by atoms with E-state index in [1.807, 2.05) is 11.8 Å². The molecule has 0 bridgehead atoms. The molecule has 4 unspecified atom stereocenters. The zero-order valence-electron chi connectivity index (χ0n) is 13.3. The number of carbonyl (C=O) groups is 1. The van der Waals surface area contributed by atoms with Crippen molar-refractivity contribution in [3.05, 3.63) is 0 Å². The van der Waals surface area contributed by atoms with Crippen LogP contribution in [0.5, 0.6) is 0 Å². The van der Waals surface area contributed by atoms with Crippen LogP contribution in [0.4, 0.5) is 0 Å². The number of rotatable bonds is 7. The zero-order chi connectivity index (χ0) is 15.3. The first-order chi connectivity index (χ1) is 10.0. The quantitative estimate of drug-likeness (QED) is 0.756. The summed E-state index contributed by atoms with van der Waals surface area (Å²) < 4.78 is 6.05. The third-order valence-electron chi connectivity index (χ3n) is 4.78. The molecule has 1 spiro atoms. The van der Waals surface area contributed by atoms with E-state index in [2.05, 4.69) is 12.2 Å². The van der Waals surface area contributed by atoms with Crippen LogP contribution in [-0.4, -0.2) is 46.9 Å². The van der Waals surface area contributed by atoms with Crippen molar-refractivity contribution in [2.75, 3.05) is 18.1 Å². The zero-order valence-corrected chi connectivity index (χ0v) is 14.1. The molecule has 0 saturated carbocycles. The van der Waals surface area contributed by atoms with Gasteiger partial charge in [-0.15, -0.1) is 0 Å². The average Bonchev–Trinajstić information content (AvgIpc) is 2.86. The molecule has 2 aliphatic rings. The van der Waals surface area contributed by atoms with Gasteiger partial charge in [-0.2, -0.15) is 11.8 Å². The van der Waals surface area contributed by atoms with Gasteiger partial charge in [0.15, 0.2) is 0 Å². The SMILES string of the molecule is CC(CCCC(C)C(=O)O)NC1CCOC2(CCSC2)C1. The molecule has 2 heterocycles. The van der Waals surface area contributed by atoms with Gasteiger partial charge in [-0.1, -0.05) is 13.3 Å². The predicted molar refractivity (Wildman–Crippen MR) is 86.9 cm³/mol. The van der Waals surface area contributed by atoms with Gasteiger partial charge >= 0.3 is 5.97 Å². The Morgan fingerprint density at radius 1 is 1.48 bits per heavy atom. The Labute approximate surface area is 132 Å². The van der Waals surface area contributed by atoms with Gasteiger partial charge < -0.3 is 15.2 Å². The largest absolute Gasteiger partial charge is 0.481 e. The summed E-state index contributed by atoms with van der Waals surface area (Å²) in [6, 6.07) is 1.02. The van der Waals surface area contributed by atoms with Crippen molar-refractivity contribution < 1.29 is 14.6 Å². The molecule has 0 aromatic carbocycles. The van der Waals surface area contributed by atoms with E-state index in [1.165, 1.54) is 12.2 Å². The minimum Gasteiger partial charge on any atom is -0.481 e. The maximum atomic E-state index is 10.8. The smallest absolute Gasteiger partial charge is 0.306 e. The van der Waals surface area contributed by atoms with Gasteiger partial charge in [0.1, 0.15) is 0 Å². The van der Waals surface area contributed by atoms with E-state index < -0.39 is 5.97 Å². The Kier molecular flexibility index (Phi) is 6.38. The number of hydrogen-bond acceptors (Lipinski definition) is 4. The number of nitrogens with one attached hydrogen (secondary N) is 1. The van der Waals surface area contributed by atoms with Crippen LogP contribution < -0.4 is 5.32 Å². The molecule has 5 heteroatoms. The lowest BCUT2D eigenvalue weighted by atomic mass is 9.89. The molecule has 2 saturated heterocycles.